The zero-order valence-corrected chi connectivity index (χ0v) is 19.2. The number of amides is 2. The van der Waals surface area contributed by atoms with E-state index in [1.54, 1.807) is 12.1 Å². The molecule has 0 saturated carbocycles. The molecular weight excluding hydrogens is 416 g/mol. The van der Waals surface area contributed by atoms with Crippen molar-refractivity contribution in [3.8, 4) is 0 Å². The molecule has 2 amide bonds. The van der Waals surface area contributed by atoms with Gasteiger partial charge in [0.1, 0.15) is 12.6 Å². The van der Waals surface area contributed by atoms with Gasteiger partial charge in [0.15, 0.2) is 0 Å². The van der Waals surface area contributed by atoms with E-state index in [1.807, 2.05) is 19.9 Å². The molecule has 8 nitrogen and oxygen atoms in total. The van der Waals surface area contributed by atoms with Gasteiger partial charge >= 0.3 is 0 Å². The lowest BCUT2D eigenvalue weighted by molar-refractivity contribution is -0.125. The van der Waals surface area contributed by atoms with Gasteiger partial charge in [-0.25, -0.2) is 8.42 Å². The Labute approximate surface area is 184 Å². The van der Waals surface area contributed by atoms with Crippen molar-refractivity contribution in [1.29, 1.82) is 0 Å². The third kappa shape index (κ3) is 4.17. The molecule has 0 unspecified atom stereocenters. The number of benzene rings is 1. The zero-order chi connectivity index (χ0) is 22.2. The molecule has 170 valence electrons. The third-order valence-electron chi connectivity index (χ3n) is 6.63. The van der Waals surface area contributed by atoms with Crippen LogP contribution in [0.25, 0.3) is 0 Å². The van der Waals surface area contributed by atoms with Crippen LogP contribution < -0.4 is 15.1 Å². The number of fused-ring (bicyclic) bond motifs is 3. The molecule has 3 aliphatic heterocycles. The number of nitrogens with one attached hydrogen (secondary N) is 1. The van der Waals surface area contributed by atoms with Crippen LogP contribution in [0.3, 0.4) is 0 Å². The number of carbonyl (C=O) groups is 2. The Morgan fingerprint density at radius 2 is 1.84 bits per heavy atom. The van der Waals surface area contributed by atoms with Crippen LogP contribution in [0.15, 0.2) is 23.1 Å². The molecule has 0 radical (unpaired) electrons. The first-order valence-corrected chi connectivity index (χ1v) is 12.8. The Hall–Kier alpha value is -2.13. The summed E-state index contributed by atoms with van der Waals surface area (Å²) in [5, 5.41) is 2.92. The maximum atomic E-state index is 13.4. The van der Waals surface area contributed by atoms with Crippen LogP contribution in [0.5, 0.6) is 0 Å². The molecule has 1 aromatic carbocycles. The fourth-order valence-electron chi connectivity index (χ4n) is 4.70. The fourth-order valence-corrected chi connectivity index (χ4v) is 6.24. The number of rotatable bonds is 6. The molecule has 4 rings (SSSR count). The molecule has 0 spiro atoms. The van der Waals surface area contributed by atoms with E-state index in [0.717, 1.165) is 50.8 Å². The molecule has 2 saturated heterocycles. The first kappa shape index (κ1) is 22.1. The van der Waals surface area contributed by atoms with E-state index in [4.69, 9.17) is 0 Å². The Kier molecular flexibility index (Phi) is 6.25. The third-order valence-corrected chi connectivity index (χ3v) is 8.52. The van der Waals surface area contributed by atoms with Gasteiger partial charge in [-0.05, 0) is 63.6 Å². The molecule has 0 bridgehead atoms. The van der Waals surface area contributed by atoms with Crippen molar-refractivity contribution in [2.45, 2.75) is 69.4 Å². The van der Waals surface area contributed by atoms with Gasteiger partial charge in [-0.15, -0.1) is 0 Å². The van der Waals surface area contributed by atoms with Crippen molar-refractivity contribution in [2.75, 3.05) is 36.0 Å². The van der Waals surface area contributed by atoms with E-state index in [9.17, 15) is 18.0 Å². The molecule has 1 aromatic rings. The fraction of sp³-hybridized carbons (Fsp3) is 0.636. The van der Waals surface area contributed by atoms with E-state index in [-0.39, 0.29) is 35.3 Å². The Morgan fingerprint density at radius 1 is 1.13 bits per heavy atom. The van der Waals surface area contributed by atoms with Gasteiger partial charge in [-0.1, -0.05) is 6.92 Å². The van der Waals surface area contributed by atoms with Crippen LogP contribution in [-0.2, 0) is 19.6 Å². The normalized spacial score (nSPS) is 22.8. The summed E-state index contributed by atoms with van der Waals surface area (Å²) in [6.07, 6.45) is 5.22. The number of carbonyl (C=O) groups excluding carboxylic acids is 2. The van der Waals surface area contributed by atoms with Crippen molar-refractivity contribution in [1.82, 2.24) is 9.62 Å². The maximum absolute atomic E-state index is 13.4. The van der Waals surface area contributed by atoms with Gasteiger partial charge in [0.2, 0.25) is 21.8 Å². The van der Waals surface area contributed by atoms with E-state index in [0.29, 0.717) is 18.8 Å². The number of nitrogens with zero attached hydrogens (tertiary/aromatic N) is 3. The van der Waals surface area contributed by atoms with E-state index in [2.05, 4.69) is 10.2 Å². The second-order valence-electron chi connectivity index (χ2n) is 8.77. The quantitative estimate of drug-likeness (QED) is 0.720. The lowest BCUT2D eigenvalue weighted by atomic mass is 9.96. The summed E-state index contributed by atoms with van der Waals surface area (Å²) in [7, 11) is -3.62. The van der Waals surface area contributed by atoms with Crippen LogP contribution in [0.2, 0.25) is 0 Å². The predicted octanol–water partition coefficient (Wildman–Crippen LogP) is 2.09. The summed E-state index contributed by atoms with van der Waals surface area (Å²) < 4.78 is 27.8. The second-order valence-corrected chi connectivity index (χ2v) is 10.7. The monoisotopic (exact) mass is 448 g/mol. The molecule has 9 heteroatoms. The van der Waals surface area contributed by atoms with Crippen LogP contribution in [-0.4, -0.2) is 62.8 Å². The van der Waals surface area contributed by atoms with Crippen molar-refractivity contribution in [3.05, 3.63) is 18.2 Å². The molecule has 1 N–H and O–H groups in total. The summed E-state index contributed by atoms with van der Waals surface area (Å²) in [6, 6.07) is 4.76. The smallest absolute Gasteiger partial charge is 0.250 e. The molecule has 0 aliphatic carbocycles. The minimum atomic E-state index is -3.62. The standard InChI is InChI=1S/C22H32N4O4S/c1-3-16(2)23-21(27)15-26-20-14-17(31(29,30)24-11-6-7-12-24)9-10-18(20)25-13-5-4-8-19(25)22(26)28/h9-10,14,16,19H,3-8,11-13,15H2,1-2H3,(H,23,27)/t16-,19-/m0/s1. The summed E-state index contributed by atoms with van der Waals surface area (Å²) >= 11 is 0. The van der Waals surface area contributed by atoms with E-state index >= 15 is 0 Å². The van der Waals surface area contributed by atoms with Gasteiger partial charge in [-0.2, -0.15) is 4.31 Å². The summed E-state index contributed by atoms with van der Waals surface area (Å²) in [6.45, 7) is 5.61. The van der Waals surface area contributed by atoms with E-state index < -0.39 is 10.0 Å². The van der Waals surface area contributed by atoms with Gasteiger partial charge in [0.05, 0.1) is 16.3 Å². The lowest BCUT2D eigenvalue weighted by Crippen LogP contribution is -2.57. The van der Waals surface area contributed by atoms with E-state index in [1.165, 1.54) is 9.21 Å². The molecule has 2 fully saturated rings. The summed E-state index contributed by atoms with van der Waals surface area (Å²) in [4.78, 5) is 29.8. The molecule has 0 aromatic heterocycles. The average Bonchev–Trinajstić information content (AvgIpc) is 3.32. The minimum absolute atomic E-state index is 0.0138. The molecule has 3 aliphatic rings. The zero-order valence-electron chi connectivity index (χ0n) is 18.3. The summed E-state index contributed by atoms with van der Waals surface area (Å²) in [5.74, 6) is -0.354. The largest absolute Gasteiger partial charge is 0.358 e. The van der Waals surface area contributed by atoms with Gasteiger partial charge in [-0.3, -0.25) is 14.5 Å². The van der Waals surface area contributed by atoms with Crippen molar-refractivity contribution >= 4 is 33.2 Å². The number of sulfonamides is 1. The van der Waals surface area contributed by atoms with Crippen molar-refractivity contribution in [2.24, 2.45) is 0 Å². The molecule has 31 heavy (non-hydrogen) atoms. The average molecular weight is 449 g/mol. The first-order valence-electron chi connectivity index (χ1n) is 11.3. The topological polar surface area (TPSA) is 90.0 Å². The Morgan fingerprint density at radius 3 is 2.55 bits per heavy atom. The Bertz CT molecular complexity index is 958. The predicted molar refractivity (Wildman–Crippen MR) is 120 cm³/mol. The maximum Gasteiger partial charge on any atom is 0.250 e. The number of piperidine rings is 1. The van der Waals surface area contributed by atoms with Gasteiger partial charge in [0.25, 0.3) is 0 Å². The van der Waals surface area contributed by atoms with Crippen LogP contribution in [0.1, 0.15) is 52.4 Å². The number of hydrogen-bond acceptors (Lipinski definition) is 5. The first-order chi connectivity index (χ1) is 14.8. The second kappa shape index (κ2) is 8.78. The SMILES string of the molecule is CC[C@H](C)NC(=O)CN1C(=O)[C@@H]2CCCCN2c2ccc(S(=O)(=O)N3CCCC3)cc21. The van der Waals surface area contributed by atoms with Crippen LogP contribution in [0, 0.1) is 0 Å². The number of anilines is 2. The Balaban J connectivity index is 1.72. The van der Waals surface area contributed by atoms with Gasteiger partial charge in [0, 0.05) is 25.7 Å². The molecule has 3 heterocycles. The molecular formula is C22H32N4O4S. The van der Waals surface area contributed by atoms with Gasteiger partial charge < -0.3 is 10.2 Å². The van der Waals surface area contributed by atoms with Crippen molar-refractivity contribution in [3.63, 3.8) is 0 Å². The highest BCUT2D eigenvalue weighted by Crippen LogP contribution is 2.41. The highest BCUT2D eigenvalue weighted by Gasteiger charge is 2.41. The minimum Gasteiger partial charge on any atom is -0.358 e. The lowest BCUT2D eigenvalue weighted by Gasteiger charge is -2.45. The molecule has 2 atom stereocenters. The number of hydrogen-bond donors (Lipinski definition) is 1. The van der Waals surface area contributed by atoms with Crippen molar-refractivity contribution < 1.29 is 18.0 Å². The highest BCUT2D eigenvalue weighted by atomic mass is 32.2. The van der Waals surface area contributed by atoms with Crippen LogP contribution >= 0.6 is 0 Å². The summed E-state index contributed by atoms with van der Waals surface area (Å²) in [5.41, 5.74) is 1.35. The highest BCUT2D eigenvalue weighted by molar-refractivity contribution is 7.89. The van der Waals surface area contributed by atoms with Crippen LogP contribution in [0.4, 0.5) is 11.4 Å².